The van der Waals surface area contributed by atoms with Crippen molar-refractivity contribution in [3.05, 3.63) is 39.5 Å². The standard InChI is InChI=1S/C16H19BrN2O4/c1-4-11-13(15(20)23-5-2)14(19-16(21)18-11)9-6-7-12(22-3)10(17)8-9/h6-8,14H,4-5H2,1-3H3,(H2,18,19,21). The maximum Gasteiger partial charge on any atom is 0.338 e. The Balaban J connectivity index is 2.50. The lowest BCUT2D eigenvalue weighted by molar-refractivity contribution is -0.139. The number of methoxy groups -OCH3 is 1. The number of benzene rings is 1. The molecule has 0 saturated carbocycles. The molecule has 0 fully saturated rings. The monoisotopic (exact) mass is 382 g/mol. The summed E-state index contributed by atoms with van der Waals surface area (Å²) in [6.07, 6.45) is 0.523. The zero-order valence-electron chi connectivity index (χ0n) is 13.2. The second-order valence-corrected chi connectivity index (χ2v) is 5.75. The number of amides is 2. The van der Waals surface area contributed by atoms with Crippen LogP contribution in [0.15, 0.2) is 33.9 Å². The summed E-state index contributed by atoms with van der Waals surface area (Å²) in [7, 11) is 1.57. The largest absolute Gasteiger partial charge is 0.496 e. The topological polar surface area (TPSA) is 76.7 Å². The van der Waals surface area contributed by atoms with E-state index in [1.807, 2.05) is 19.1 Å². The molecule has 1 aliphatic heterocycles. The fourth-order valence-electron chi connectivity index (χ4n) is 2.46. The molecule has 23 heavy (non-hydrogen) atoms. The van der Waals surface area contributed by atoms with Crippen LogP contribution in [-0.4, -0.2) is 25.7 Å². The van der Waals surface area contributed by atoms with E-state index in [2.05, 4.69) is 26.6 Å². The number of carbonyl (C=O) groups is 2. The molecule has 2 N–H and O–H groups in total. The Bertz CT molecular complexity index is 657. The molecule has 2 amide bonds. The molecule has 0 aliphatic carbocycles. The van der Waals surface area contributed by atoms with Gasteiger partial charge in [-0.2, -0.15) is 0 Å². The summed E-state index contributed by atoms with van der Waals surface area (Å²) < 4.78 is 11.1. The summed E-state index contributed by atoms with van der Waals surface area (Å²) >= 11 is 3.42. The van der Waals surface area contributed by atoms with Crippen molar-refractivity contribution in [2.24, 2.45) is 0 Å². The molecule has 0 spiro atoms. The van der Waals surface area contributed by atoms with Gasteiger partial charge in [0.25, 0.3) is 0 Å². The van der Waals surface area contributed by atoms with Gasteiger partial charge in [0.15, 0.2) is 0 Å². The van der Waals surface area contributed by atoms with Gasteiger partial charge in [-0.15, -0.1) is 0 Å². The molecule has 1 aliphatic rings. The molecule has 124 valence electrons. The highest BCUT2D eigenvalue weighted by Gasteiger charge is 2.33. The summed E-state index contributed by atoms with van der Waals surface area (Å²) in [5, 5.41) is 5.47. The zero-order chi connectivity index (χ0) is 17.0. The highest BCUT2D eigenvalue weighted by atomic mass is 79.9. The number of carbonyl (C=O) groups excluding carboxylic acids is 2. The van der Waals surface area contributed by atoms with E-state index in [4.69, 9.17) is 9.47 Å². The number of ether oxygens (including phenoxy) is 2. The third-order valence-corrected chi connectivity index (χ3v) is 4.13. The minimum atomic E-state index is -0.569. The first-order chi connectivity index (χ1) is 11.0. The quantitative estimate of drug-likeness (QED) is 0.767. The maximum absolute atomic E-state index is 12.4. The number of allylic oxidation sites excluding steroid dienone is 1. The van der Waals surface area contributed by atoms with E-state index in [0.717, 1.165) is 10.0 Å². The lowest BCUT2D eigenvalue weighted by atomic mass is 9.94. The van der Waals surface area contributed by atoms with Crippen molar-refractivity contribution in [1.29, 1.82) is 0 Å². The van der Waals surface area contributed by atoms with Crippen LogP contribution in [0.3, 0.4) is 0 Å². The predicted molar refractivity (Wildman–Crippen MR) is 89.1 cm³/mol. The molecule has 1 unspecified atom stereocenters. The normalized spacial score (nSPS) is 17.4. The van der Waals surface area contributed by atoms with Crippen molar-refractivity contribution in [1.82, 2.24) is 10.6 Å². The summed E-state index contributed by atoms with van der Waals surface area (Å²) in [5.74, 6) is 0.236. The Hall–Kier alpha value is -2.02. The van der Waals surface area contributed by atoms with Crippen molar-refractivity contribution in [2.75, 3.05) is 13.7 Å². The average molecular weight is 383 g/mol. The van der Waals surface area contributed by atoms with Gasteiger partial charge >= 0.3 is 12.0 Å². The van der Waals surface area contributed by atoms with E-state index in [1.165, 1.54) is 0 Å². The van der Waals surface area contributed by atoms with E-state index in [0.29, 0.717) is 23.4 Å². The molecule has 1 atom stereocenters. The SMILES string of the molecule is CCOC(=O)C1=C(CC)NC(=O)NC1c1ccc(OC)c(Br)c1. The third kappa shape index (κ3) is 3.67. The van der Waals surface area contributed by atoms with Crippen LogP contribution in [0.2, 0.25) is 0 Å². The molecule has 1 aromatic carbocycles. The first kappa shape index (κ1) is 17.3. The predicted octanol–water partition coefficient (Wildman–Crippen LogP) is 3.04. The fraction of sp³-hybridized carbons (Fsp3) is 0.375. The van der Waals surface area contributed by atoms with Gasteiger partial charge in [0.05, 0.1) is 29.8 Å². The van der Waals surface area contributed by atoms with Crippen molar-refractivity contribution in [3.8, 4) is 5.75 Å². The molecule has 0 saturated heterocycles. The number of hydrogen-bond donors (Lipinski definition) is 2. The second-order valence-electron chi connectivity index (χ2n) is 4.89. The molecule has 2 rings (SSSR count). The molecule has 0 bridgehead atoms. The van der Waals surface area contributed by atoms with E-state index in [9.17, 15) is 9.59 Å². The van der Waals surface area contributed by atoms with Crippen LogP contribution in [0, 0.1) is 0 Å². The third-order valence-electron chi connectivity index (χ3n) is 3.51. The zero-order valence-corrected chi connectivity index (χ0v) is 14.8. The number of halogens is 1. The minimum absolute atomic E-state index is 0.270. The molecular formula is C16H19BrN2O4. The molecule has 6 nitrogen and oxygen atoms in total. The number of hydrogen-bond acceptors (Lipinski definition) is 4. The lowest BCUT2D eigenvalue weighted by Gasteiger charge is -2.29. The highest BCUT2D eigenvalue weighted by Crippen LogP contribution is 2.33. The number of nitrogens with one attached hydrogen (secondary N) is 2. The van der Waals surface area contributed by atoms with Crippen LogP contribution in [-0.2, 0) is 9.53 Å². The summed E-state index contributed by atoms with van der Waals surface area (Å²) in [5.41, 5.74) is 1.76. The average Bonchev–Trinajstić information content (AvgIpc) is 2.53. The van der Waals surface area contributed by atoms with Crippen molar-refractivity contribution >= 4 is 27.9 Å². The Labute approximate surface area is 143 Å². The van der Waals surface area contributed by atoms with Crippen LogP contribution in [0.1, 0.15) is 31.9 Å². The molecule has 1 heterocycles. The number of rotatable bonds is 5. The number of esters is 1. The van der Waals surface area contributed by atoms with Gasteiger partial charge in [0, 0.05) is 5.70 Å². The van der Waals surface area contributed by atoms with Crippen molar-refractivity contribution < 1.29 is 19.1 Å². The van der Waals surface area contributed by atoms with Crippen LogP contribution in [0.5, 0.6) is 5.75 Å². The van der Waals surface area contributed by atoms with Crippen LogP contribution in [0.25, 0.3) is 0 Å². The van der Waals surface area contributed by atoms with Gasteiger partial charge < -0.3 is 20.1 Å². The molecule has 1 aromatic rings. The second kappa shape index (κ2) is 7.50. The van der Waals surface area contributed by atoms with Gasteiger partial charge in [-0.3, -0.25) is 0 Å². The maximum atomic E-state index is 12.4. The first-order valence-electron chi connectivity index (χ1n) is 7.32. The van der Waals surface area contributed by atoms with Gasteiger partial charge in [-0.05, 0) is 47.0 Å². The molecule has 0 radical (unpaired) electrons. The van der Waals surface area contributed by atoms with Crippen molar-refractivity contribution in [2.45, 2.75) is 26.3 Å². The fourth-order valence-corrected chi connectivity index (χ4v) is 3.02. The van der Waals surface area contributed by atoms with Gasteiger partial charge in [-0.25, -0.2) is 9.59 Å². The van der Waals surface area contributed by atoms with E-state index in [1.54, 1.807) is 20.1 Å². The minimum Gasteiger partial charge on any atom is -0.496 e. The Morgan fingerprint density at radius 2 is 2.09 bits per heavy atom. The molecular weight excluding hydrogens is 364 g/mol. The van der Waals surface area contributed by atoms with Gasteiger partial charge in [-0.1, -0.05) is 13.0 Å². The molecule has 0 aromatic heterocycles. The first-order valence-corrected chi connectivity index (χ1v) is 8.12. The van der Waals surface area contributed by atoms with Crippen LogP contribution < -0.4 is 15.4 Å². The lowest BCUT2D eigenvalue weighted by Crippen LogP contribution is -2.45. The van der Waals surface area contributed by atoms with E-state index in [-0.39, 0.29) is 12.6 Å². The summed E-state index contributed by atoms with van der Waals surface area (Å²) in [6, 6.07) is 4.50. The van der Waals surface area contributed by atoms with E-state index >= 15 is 0 Å². The number of urea groups is 1. The highest BCUT2D eigenvalue weighted by molar-refractivity contribution is 9.10. The Morgan fingerprint density at radius 3 is 2.65 bits per heavy atom. The summed E-state index contributed by atoms with van der Waals surface area (Å²) in [4.78, 5) is 24.3. The molecule has 7 heteroatoms. The van der Waals surface area contributed by atoms with E-state index < -0.39 is 12.0 Å². The van der Waals surface area contributed by atoms with Crippen molar-refractivity contribution in [3.63, 3.8) is 0 Å². The van der Waals surface area contributed by atoms with Crippen LogP contribution >= 0.6 is 15.9 Å². The smallest absolute Gasteiger partial charge is 0.338 e. The Kier molecular flexibility index (Phi) is 5.65. The van der Waals surface area contributed by atoms with Gasteiger partial charge in [0.2, 0.25) is 0 Å². The summed E-state index contributed by atoms with van der Waals surface area (Å²) in [6.45, 7) is 3.89. The Morgan fingerprint density at radius 1 is 1.35 bits per heavy atom. The van der Waals surface area contributed by atoms with Crippen LogP contribution in [0.4, 0.5) is 4.79 Å². The van der Waals surface area contributed by atoms with Gasteiger partial charge in [0.1, 0.15) is 5.75 Å².